The van der Waals surface area contributed by atoms with Gasteiger partial charge in [-0.25, -0.2) is 0 Å². The van der Waals surface area contributed by atoms with Gasteiger partial charge in [0.15, 0.2) is 5.76 Å². The predicted molar refractivity (Wildman–Crippen MR) is 72.6 cm³/mol. The topological polar surface area (TPSA) is 59.5 Å². The van der Waals surface area contributed by atoms with Crippen molar-refractivity contribution in [2.24, 2.45) is 11.1 Å². The Morgan fingerprint density at radius 1 is 1.21 bits per heavy atom. The number of furan rings is 1. The van der Waals surface area contributed by atoms with Crippen LogP contribution in [-0.4, -0.2) is 23.9 Å². The van der Waals surface area contributed by atoms with Crippen molar-refractivity contribution in [1.29, 1.82) is 0 Å². The molecule has 2 aliphatic rings. The molecule has 1 aromatic heterocycles. The van der Waals surface area contributed by atoms with Crippen molar-refractivity contribution < 1.29 is 9.21 Å². The van der Waals surface area contributed by atoms with Gasteiger partial charge >= 0.3 is 0 Å². The van der Waals surface area contributed by atoms with Crippen molar-refractivity contribution in [3.63, 3.8) is 0 Å². The third kappa shape index (κ3) is 2.41. The number of nitrogens with zero attached hydrogens (tertiary/aromatic N) is 1. The maximum atomic E-state index is 12.3. The van der Waals surface area contributed by atoms with Crippen molar-refractivity contribution in [2.45, 2.75) is 45.1 Å². The molecule has 1 amide bonds. The highest BCUT2D eigenvalue weighted by Crippen LogP contribution is 2.46. The summed E-state index contributed by atoms with van der Waals surface area (Å²) in [6, 6.07) is 3.53. The third-order valence-corrected chi connectivity index (χ3v) is 4.85. The summed E-state index contributed by atoms with van der Waals surface area (Å²) in [6.07, 6.45) is 7.75. The first-order chi connectivity index (χ1) is 9.22. The van der Waals surface area contributed by atoms with Gasteiger partial charge < -0.3 is 15.1 Å². The Morgan fingerprint density at radius 2 is 1.89 bits per heavy atom. The zero-order chi connectivity index (χ0) is 13.3. The van der Waals surface area contributed by atoms with Crippen molar-refractivity contribution in [3.05, 3.63) is 23.7 Å². The van der Waals surface area contributed by atoms with Crippen LogP contribution in [0.25, 0.3) is 0 Å². The van der Waals surface area contributed by atoms with Crippen molar-refractivity contribution in [1.82, 2.24) is 4.90 Å². The molecule has 0 unspecified atom stereocenters. The molecule has 0 atom stereocenters. The van der Waals surface area contributed by atoms with Gasteiger partial charge in [-0.15, -0.1) is 0 Å². The van der Waals surface area contributed by atoms with Crippen LogP contribution in [0.2, 0.25) is 0 Å². The molecule has 4 nitrogen and oxygen atoms in total. The number of rotatable bonds is 2. The summed E-state index contributed by atoms with van der Waals surface area (Å²) in [6.45, 7) is 2.09. The molecule has 1 aromatic rings. The number of hydrogen-bond acceptors (Lipinski definition) is 3. The molecule has 0 radical (unpaired) electrons. The number of piperidine rings is 1. The zero-order valence-electron chi connectivity index (χ0n) is 11.4. The fourth-order valence-electron chi connectivity index (χ4n) is 3.57. The van der Waals surface area contributed by atoms with Gasteiger partial charge in [0.25, 0.3) is 5.91 Å². The number of carbonyl (C=O) groups is 1. The molecule has 3 rings (SSSR count). The lowest BCUT2D eigenvalue weighted by molar-refractivity contribution is 0.0556. The van der Waals surface area contributed by atoms with E-state index in [1.54, 1.807) is 12.1 Å². The Kier molecular flexibility index (Phi) is 3.35. The lowest BCUT2D eigenvalue weighted by Crippen LogP contribution is -2.42. The van der Waals surface area contributed by atoms with Crippen LogP contribution in [0.15, 0.2) is 16.5 Å². The van der Waals surface area contributed by atoms with Crippen molar-refractivity contribution in [2.75, 3.05) is 13.1 Å². The molecule has 0 aromatic carbocycles. The number of nitrogens with two attached hydrogens (primary N) is 1. The van der Waals surface area contributed by atoms with E-state index in [1.807, 2.05) is 4.90 Å². The molecule has 1 aliphatic carbocycles. The molecule has 104 valence electrons. The number of likely N-dealkylation sites (tertiary alicyclic amines) is 1. The monoisotopic (exact) mass is 262 g/mol. The van der Waals surface area contributed by atoms with Crippen LogP contribution in [0.1, 0.15) is 54.8 Å². The van der Waals surface area contributed by atoms with Crippen molar-refractivity contribution >= 4 is 5.91 Å². The summed E-state index contributed by atoms with van der Waals surface area (Å²) in [4.78, 5) is 14.3. The summed E-state index contributed by atoms with van der Waals surface area (Å²) < 4.78 is 5.45. The molecule has 19 heavy (non-hydrogen) atoms. The summed E-state index contributed by atoms with van der Waals surface area (Å²) in [5, 5.41) is 0. The van der Waals surface area contributed by atoms with Crippen LogP contribution in [0.4, 0.5) is 0 Å². The Morgan fingerprint density at radius 3 is 2.47 bits per heavy atom. The first-order valence-corrected chi connectivity index (χ1v) is 7.31. The zero-order valence-corrected chi connectivity index (χ0v) is 11.4. The van der Waals surface area contributed by atoms with E-state index in [0.29, 0.717) is 23.5 Å². The van der Waals surface area contributed by atoms with Gasteiger partial charge in [0, 0.05) is 13.1 Å². The largest absolute Gasteiger partial charge is 0.455 e. The quantitative estimate of drug-likeness (QED) is 0.891. The lowest BCUT2D eigenvalue weighted by Gasteiger charge is -2.39. The summed E-state index contributed by atoms with van der Waals surface area (Å²) in [7, 11) is 0. The smallest absolute Gasteiger partial charge is 0.289 e. The molecular formula is C15H22N2O2. The minimum absolute atomic E-state index is 0.0209. The Balaban J connectivity index is 1.63. The molecule has 1 saturated heterocycles. The fourth-order valence-corrected chi connectivity index (χ4v) is 3.57. The molecule has 2 N–H and O–H groups in total. The van der Waals surface area contributed by atoms with E-state index in [1.165, 1.54) is 25.7 Å². The van der Waals surface area contributed by atoms with E-state index in [2.05, 4.69) is 0 Å². The Bertz CT molecular complexity index is 450. The van der Waals surface area contributed by atoms with E-state index < -0.39 is 0 Å². The minimum Gasteiger partial charge on any atom is -0.455 e. The van der Waals surface area contributed by atoms with Gasteiger partial charge in [0.05, 0.1) is 6.54 Å². The van der Waals surface area contributed by atoms with E-state index >= 15 is 0 Å². The molecule has 2 heterocycles. The van der Waals surface area contributed by atoms with E-state index in [0.717, 1.165) is 25.9 Å². The predicted octanol–water partition coefficient (Wildman–Crippen LogP) is 2.53. The molecule has 1 spiro atoms. The molecule has 2 fully saturated rings. The lowest BCUT2D eigenvalue weighted by atomic mass is 9.77. The van der Waals surface area contributed by atoms with Gasteiger partial charge in [0.2, 0.25) is 0 Å². The van der Waals surface area contributed by atoms with Crippen LogP contribution < -0.4 is 5.73 Å². The third-order valence-electron chi connectivity index (χ3n) is 4.85. The maximum absolute atomic E-state index is 12.3. The average molecular weight is 262 g/mol. The maximum Gasteiger partial charge on any atom is 0.289 e. The van der Waals surface area contributed by atoms with Crippen LogP contribution in [0, 0.1) is 5.41 Å². The van der Waals surface area contributed by atoms with Gasteiger partial charge in [-0.3, -0.25) is 4.79 Å². The van der Waals surface area contributed by atoms with Crippen LogP contribution >= 0.6 is 0 Å². The second kappa shape index (κ2) is 5.00. The van der Waals surface area contributed by atoms with E-state index in [9.17, 15) is 4.79 Å². The second-order valence-electron chi connectivity index (χ2n) is 5.97. The fraction of sp³-hybridized carbons (Fsp3) is 0.667. The summed E-state index contributed by atoms with van der Waals surface area (Å²) >= 11 is 0. The molecule has 1 aliphatic heterocycles. The molecular weight excluding hydrogens is 240 g/mol. The Labute approximate surface area is 113 Å². The average Bonchev–Trinajstić information content (AvgIpc) is 3.08. The molecule has 4 heteroatoms. The van der Waals surface area contributed by atoms with Gasteiger partial charge in [-0.1, -0.05) is 12.8 Å². The van der Waals surface area contributed by atoms with E-state index in [-0.39, 0.29) is 5.91 Å². The first-order valence-electron chi connectivity index (χ1n) is 7.31. The summed E-state index contributed by atoms with van der Waals surface area (Å²) in [5.74, 6) is 1.13. The number of carbonyl (C=O) groups excluding carboxylic acids is 1. The molecule has 1 saturated carbocycles. The minimum atomic E-state index is 0.0209. The Hall–Kier alpha value is -1.29. The number of amides is 1. The van der Waals surface area contributed by atoms with Crippen LogP contribution in [0.5, 0.6) is 0 Å². The van der Waals surface area contributed by atoms with Gasteiger partial charge in [0.1, 0.15) is 5.76 Å². The first kappa shape index (κ1) is 12.7. The van der Waals surface area contributed by atoms with Crippen LogP contribution in [0.3, 0.4) is 0 Å². The SMILES string of the molecule is NCc1ccc(C(=O)N2CCC3(CCCC3)CC2)o1. The normalized spacial score (nSPS) is 22.1. The van der Waals surface area contributed by atoms with Crippen molar-refractivity contribution in [3.8, 4) is 0 Å². The second-order valence-corrected chi connectivity index (χ2v) is 5.97. The summed E-state index contributed by atoms with van der Waals surface area (Å²) in [5.41, 5.74) is 6.05. The highest BCUT2D eigenvalue weighted by Gasteiger charge is 2.38. The molecule has 0 bridgehead atoms. The highest BCUT2D eigenvalue weighted by atomic mass is 16.4. The van der Waals surface area contributed by atoms with Crippen LogP contribution in [-0.2, 0) is 6.54 Å². The standard InChI is InChI=1S/C15H22N2O2/c16-11-12-3-4-13(19-12)14(18)17-9-7-15(8-10-17)5-1-2-6-15/h3-4H,1-2,5-11,16H2. The van der Waals surface area contributed by atoms with Gasteiger partial charge in [-0.2, -0.15) is 0 Å². The van der Waals surface area contributed by atoms with E-state index in [4.69, 9.17) is 10.2 Å². The highest BCUT2D eigenvalue weighted by molar-refractivity contribution is 5.91. The number of hydrogen-bond donors (Lipinski definition) is 1. The van der Waals surface area contributed by atoms with Gasteiger partial charge in [-0.05, 0) is 43.2 Å².